The molecule has 0 spiro atoms. The van der Waals surface area contributed by atoms with Crippen LogP contribution >= 0.6 is 0 Å². The summed E-state index contributed by atoms with van der Waals surface area (Å²) in [5.41, 5.74) is 0.850. The van der Waals surface area contributed by atoms with Crippen LogP contribution in [-0.4, -0.2) is 27.8 Å². The van der Waals surface area contributed by atoms with Crippen molar-refractivity contribution in [2.24, 2.45) is 0 Å². The van der Waals surface area contributed by atoms with Gasteiger partial charge in [0.25, 0.3) is 5.91 Å². The lowest BCUT2D eigenvalue weighted by Crippen LogP contribution is -2.41. The van der Waals surface area contributed by atoms with E-state index in [9.17, 15) is 9.59 Å². The van der Waals surface area contributed by atoms with E-state index in [0.29, 0.717) is 17.1 Å². The molecular weight excluding hydrogens is 304 g/mol. The molecule has 0 fully saturated rings. The summed E-state index contributed by atoms with van der Waals surface area (Å²) in [7, 11) is 0. The monoisotopic (exact) mass is 326 g/mol. The van der Waals surface area contributed by atoms with Crippen molar-refractivity contribution < 1.29 is 9.59 Å². The summed E-state index contributed by atoms with van der Waals surface area (Å²) in [6.07, 6.45) is 3.13. The minimum Gasteiger partial charge on any atom is -0.341 e. The molecule has 6 heteroatoms. The van der Waals surface area contributed by atoms with E-state index in [1.54, 1.807) is 43.6 Å². The Balaban J connectivity index is 1.95. The second kappa shape index (κ2) is 7.21. The van der Waals surface area contributed by atoms with Gasteiger partial charge in [-0.3, -0.25) is 9.59 Å². The van der Waals surface area contributed by atoms with Gasteiger partial charge in [-0.1, -0.05) is 39.0 Å². The van der Waals surface area contributed by atoms with Gasteiger partial charge in [0.15, 0.2) is 0 Å². The van der Waals surface area contributed by atoms with Crippen molar-refractivity contribution in [2.75, 3.05) is 5.32 Å². The Bertz CT molecular complexity index is 706. The molecule has 2 N–H and O–H groups in total. The maximum absolute atomic E-state index is 12.2. The van der Waals surface area contributed by atoms with Gasteiger partial charge in [0, 0.05) is 11.0 Å². The number of carbonyl (C=O) groups excluding carboxylic acids is 2. The van der Waals surface area contributed by atoms with E-state index < -0.39 is 6.04 Å². The Morgan fingerprint density at radius 2 is 1.62 bits per heavy atom. The number of nitrogens with one attached hydrogen (secondary N) is 2. The van der Waals surface area contributed by atoms with Crippen molar-refractivity contribution in [2.45, 2.75) is 39.2 Å². The van der Waals surface area contributed by atoms with Gasteiger partial charge >= 0.3 is 0 Å². The van der Waals surface area contributed by atoms with Gasteiger partial charge in [-0.05, 0) is 19.1 Å². The van der Waals surface area contributed by atoms with Crippen LogP contribution in [0.1, 0.15) is 43.9 Å². The molecule has 2 amide bonds. The first kappa shape index (κ1) is 17.6. The third-order valence-corrected chi connectivity index (χ3v) is 3.37. The van der Waals surface area contributed by atoms with E-state index in [4.69, 9.17) is 0 Å². The molecular formula is C18H22N4O2. The third-order valence-electron chi connectivity index (χ3n) is 3.37. The predicted molar refractivity (Wildman–Crippen MR) is 92.7 cm³/mol. The van der Waals surface area contributed by atoms with Crippen molar-refractivity contribution in [3.8, 4) is 0 Å². The van der Waals surface area contributed by atoms with Crippen LogP contribution in [0.15, 0.2) is 42.7 Å². The van der Waals surface area contributed by atoms with Crippen molar-refractivity contribution in [3.05, 3.63) is 54.1 Å². The average molecular weight is 326 g/mol. The smallest absolute Gasteiger partial charge is 0.251 e. The second-order valence-electron chi connectivity index (χ2n) is 6.60. The van der Waals surface area contributed by atoms with Gasteiger partial charge in [-0.15, -0.1) is 0 Å². The highest BCUT2D eigenvalue weighted by molar-refractivity contribution is 6.00. The first-order chi connectivity index (χ1) is 11.3. The van der Waals surface area contributed by atoms with Crippen LogP contribution < -0.4 is 10.6 Å². The molecule has 1 heterocycles. The van der Waals surface area contributed by atoms with Crippen LogP contribution in [0.4, 0.5) is 5.69 Å². The molecule has 0 bridgehead atoms. The molecule has 0 aliphatic rings. The predicted octanol–water partition coefficient (Wildman–Crippen LogP) is 2.53. The first-order valence-electron chi connectivity index (χ1n) is 7.76. The van der Waals surface area contributed by atoms with Crippen LogP contribution in [0.25, 0.3) is 0 Å². The summed E-state index contributed by atoms with van der Waals surface area (Å²) in [6.45, 7) is 7.67. The highest BCUT2D eigenvalue weighted by Gasteiger charge is 2.19. The van der Waals surface area contributed by atoms with Crippen molar-refractivity contribution >= 4 is 17.5 Å². The summed E-state index contributed by atoms with van der Waals surface area (Å²) in [6, 6.07) is 8.08. The number of hydrogen-bond donors (Lipinski definition) is 2. The Hall–Kier alpha value is -2.76. The number of hydrogen-bond acceptors (Lipinski definition) is 4. The van der Waals surface area contributed by atoms with Crippen LogP contribution in [-0.2, 0) is 10.2 Å². The number of rotatable bonds is 4. The Labute approximate surface area is 141 Å². The molecule has 6 nitrogen and oxygen atoms in total. The number of benzene rings is 1. The summed E-state index contributed by atoms with van der Waals surface area (Å²) >= 11 is 0. The lowest BCUT2D eigenvalue weighted by Gasteiger charge is -2.17. The molecule has 0 saturated carbocycles. The molecule has 24 heavy (non-hydrogen) atoms. The molecule has 2 aromatic rings. The number of carbonyl (C=O) groups is 2. The molecule has 1 aromatic heterocycles. The summed E-state index contributed by atoms with van der Waals surface area (Å²) < 4.78 is 0. The lowest BCUT2D eigenvalue weighted by atomic mass is 9.96. The normalized spacial score (nSPS) is 12.3. The van der Waals surface area contributed by atoms with Gasteiger partial charge in [0.05, 0.1) is 18.1 Å². The van der Waals surface area contributed by atoms with E-state index in [2.05, 4.69) is 20.6 Å². The molecule has 1 atom stereocenters. The molecule has 2 rings (SSSR count). The minimum atomic E-state index is -0.681. The second-order valence-corrected chi connectivity index (χ2v) is 6.60. The third kappa shape index (κ3) is 4.62. The van der Waals surface area contributed by atoms with E-state index in [1.807, 2.05) is 26.8 Å². The maximum atomic E-state index is 12.2. The zero-order chi connectivity index (χ0) is 17.7. The minimum absolute atomic E-state index is 0.153. The summed E-state index contributed by atoms with van der Waals surface area (Å²) in [4.78, 5) is 32.7. The van der Waals surface area contributed by atoms with E-state index >= 15 is 0 Å². The average Bonchev–Trinajstić information content (AvgIpc) is 2.55. The molecule has 0 aliphatic carbocycles. The number of aromatic nitrogens is 2. The van der Waals surface area contributed by atoms with Crippen LogP contribution in [0.2, 0.25) is 0 Å². The molecule has 126 valence electrons. The van der Waals surface area contributed by atoms with Gasteiger partial charge < -0.3 is 10.6 Å². The Morgan fingerprint density at radius 3 is 2.17 bits per heavy atom. The lowest BCUT2D eigenvalue weighted by molar-refractivity contribution is -0.117. The van der Waals surface area contributed by atoms with Crippen molar-refractivity contribution in [3.63, 3.8) is 0 Å². The molecule has 1 aromatic carbocycles. The van der Waals surface area contributed by atoms with E-state index in [1.165, 1.54) is 0 Å². The van der Waals surface area contributed by atoms with Crippen LogP contribution in [0, 0.1) is 0 Å². The molecule has 0 saturated heterocycles. The standard InChI is InChI=1S/C18H22N4O2/c1-12(21-16(24)13-8-6-5-7-9-13)15(23)22-14-10-19-17(20-11-14)18(2,3)4/h5-12H,1-4H3,(H,21,24)(H,22,23). The fourth-order valence-electron chi connectivity index (χ4n) is 1.97. The highest BCUT2D eigenvalue weighted by Crippen LogP contribution is 2.18. The SMILES string of the molecule is CC(NC(=O)c1ccccc1)C(=O)Nc1cnc(C(C)(C)C)nc1. The molecule has 0 aliphatic heterocycles. The highest BCUT2D eigenvalue weighted by atomic mass is 16.2. The Kier molecular flexibility index (Phi) is 5.28. The van der Waals surface area contributed by atoms with E-state index in [0.717, 1.165) is 0 Å². The summed E-state index contributed by atoms with van der Waals surface area (Å²) in [5, 5.41) is 5.36. The largest absolute Gasteiger partial charge is 0.341 e. The van der Waals surface area contributed by atoms with Crippen LogP contribution in [0.3, 0.4) is 0 Å². The summed E-state index contributed by atoms with van der Waals surface area (Å²) in [5.74, 6) is 0.0786. The quantitative estimate of drug-likeness (QED) is 0.904. The van der Waals surface area contributed by atoms with Crippen molar-refractivity contribution in [1.82, 2.24) is 15.3 Å². The van der Waals surface area contributed by atoms with E-state index in [-0.39, 0.29) is 17.2 Å². The number of amides is 2. The maximum Gasteiger partial charge on any atom is 0.251 e. The van der Waals surface area contributed by atoms with Gasteiger partial charge in [-0.25, -0.2) is 9.97 Å². The zero-order valence-corrected chi connectivity index (χ0v) is 14.3. The Morgan fingerprint density at radius 1 is 1.04 bits per heavy atom. The van der Waals surface area contributed by atoms with Gasteiger partial charge in [0.1, 0.15) is 11.9 Å². The topological polar surface area (TPSA) is 84.0 Å². The zero-order valence-electron chi connectivity index (χ0n) is 14.3. The molecule has 0 radical (unpaired) electrons. The van der Waals surface area contributed by atoms with Gasteiger partial charge in [0.2, 0.25) is 5.91 Å². The number of nitrogens with zero attached hydrogens (tertiary/aromatic N) is 2. The van der Waals surface area contributed by atoms with Crippen LogP contribution in [0.5, 0.6) is 0 Å². The fraction of sp³-hybridized carbons (Fsp3) is 0.333. The fourth-order valence-corrected chi connectivity index (χ4v) is 1.97. The number of anilines is 1. The van der Waals surface area contributed by atoms with Crippen molar-refractivity contribution in [1.29, 1.82) is 0 Å². The molecule has 1 unspecified atom stereocenters. The van der Waals surface area contributed by atoms with Gasteiger partial charge in [-0.2, -0.15) is 0 Å². The first-order valence-corrected chi connectivity index (χ1v) is 7.76.